The first-order chi connectivity index (χ1) is 7.60. The Morgan fingerprint density at radius 2 is 2.12 bits per heavy atom. The van der Waals surface area contributed by atoms with E-state index in [0.717, 1.165) is 32.1 Å². The Labute approximate surface area is 104 Å². The van der Waals surface area contributed by atoms with Crippen LogP contribution in [0.1, 0.15) is 49.5 Å². The molecule has 0 aliphatic heterocycles. The third-order valence-corrected chi connectivity index (χ3v) is 4.25. The molecule has 5 heteroatoms. The fourth-order valence-corrected chi connectivity index (χ4v) is 3.12. The number of Topliss-reactive ketones (excluding diaryl/α,β-unsaturated/α-hetero) is 1. The van der Waals surface area contributed by atoms with Crippen LogP contribution in [-0.4, -0.2) is 20.8 Å². The molecule has 88 valence electrons. The van der Waals surface area contributed by atoms with Gasteiger partial charge in [0.15, 0.2) is 10.4 Å². The number of carbonyl (C=O) groups excluding carboxylic acids is 1. The lowest BCUT2D eigenvalue weighted by atomic mass is 9.78. The number of carbonyl (C=O) groups is 1. The van der Waals surface area contributed by atoms with Crippen LogP contribution in [0.25, 0.3) is 0 Å². The predicted octanol–water partition coefficient (Wildman–Crippen LogP) is 2.73. The third kappa shape index (κ3) is 1.71. The van der Waals surface area contributed by atoms with Crippen LogP contribution < -0.4 is 0 Å². The van der Waals surface area contributed by atoms with Crippen molar-refractivity contribution in [1.82, 2.24) is 15.0 Å². The van der Waals surface area contributed by atoms with E-state index in [-0.39, 0.29) is 11.2 Å². The van der Waals surface area contributed by atoms with Crippen molar-refractivity contribution in [2.75, 3.05) is 0 Å². The van der Waals surface area contributed by atoms with Gasteiger partial charge in [-0.3, -0.25) is 4.79 Å². The normalized spacial score (nSPS) is 18.9. The molecule has 1 heterocycles. The van der Waals surface area contributed by atoms with Crippen molar-refractivity contribution in [1.29, 1.82) is 0 Å². The average molecular weight is 286 g/mol. The molecule has 1 aliphatic rings. The zero-order valence-electron chi connectivity index (χ0n) is 9.66. The topological polar surface area (TPSA) is 47.8 Å². The summed E-state index contributed by atoms with van der Waals surface area (Å²) in [4.78, 5) is 12.6. The van der Waals surface area contributed by atoms with Crippen LogP contribution in [0.4, 0.5) is 0 Å². The Morgan fingerprint density at radius 1 is 1.50 bits per heavy atom. The van der Waals surface area contributed by atoms with Gasteiger partial charge in [0.25, 0.3) is 0 Å². The monoisotopic (exact) mass is 285 g/mol. The van der Waals surface area contributed by atoms with Crippen molar-refractivity contribution in [2.24, 2.45) is 12.5 Å². The summed E-state index contributed by atoms with van der Waals surface area (Å²) in [5.74, 6) is 0.201. The summed E-state index contributed by atoms with van der Waals surface area (Å²) in [6.07, 6.45) is 5.22. The highest BCUT2D eigenvalue weighted by atomic mass is 79.9. The second-order valence-corrected chi connectivity index (χ2v) is 5.27. The Bertz CT molecular complexity index is 388. The Hall–Kier alpha value is -0.710. The number of hydrogen-bond donors (Lipinski definition) is 0. The molecule has 16 heavy (non-hydrogen) atoms. The summed E-state index contributed by atoms with van der Waals surface area (Å²) < 4.78 is 2.14. The number of ketones is 1. The van der Waals surface area contributed by atoms with Gasteiger partial charge in [0.2, 0.25) is 0 Å². The number of rotatable bonds is 3. The summed E-state index contributed by atoms with van der Waals surface area (Å²) in [5, 5.41) is 7.76. The quantitative estimate of drug-likeness (QED) is 0.803. The molecular weight excluding hydrogens is 270 g/mol. The average Bonchev–Trinajstić information content (AvgIpc) is 2.86. The number of aromatic nitrogens is 3. The highest BCUT2D eigenvalue weighted by Crippen LogP contribution is 2.44. The molecule has 1 saturated carbocycles. The van der Waals surface area contributed by atoms with Crippen LogP contribution in [0.15, 0.2) is 4.60 Å². The highest BCUT2D eigenvalue weighted by Gasteiger charge is 2.41. The summed E-state index contributed by atoms with van der Waals surface area (Å²) in [7, 11) is 1.77. The van der Waals surface area contributed by atoms with Gasteiger partial charge in [0.1, 0.15) is 5.69 Å². The molecule has 0 amide bonds. The van der Waals surface area contributed by atoms with E-state index in [2.05, 4.69) is 33.2 Å². The second-order valence-electron chi connectivity index (χ2n) is 4.52. The molecule has 0 aromatic carbocycles. The Morgan fingerprint density at radius 3 is 2.56 bits per heavy atom. The van der Waals surface area contributed by atoms with E-state index in [1.54, 1.807) is 11.7 Å². The van der Waals surface area contributed by atoms with Crippen molar-refractivity contribution in [2.45, 2.75) is 39.0 Å². The van der Waals surface area contributed by atoms with Crippen molar-refractivity contribution >= 4 is 21.7 Å². The summed E-state index contributed by atoms with van der Waals surface area (Å²) in [6, 6.07) is 0. The lowest BCUT2D eigenvalue weighted by molar-refractivity contribution is 0.0779. The maximum Gasteiger partial charge on any atom is 0.189 e. The first-order valence-electron chi connectivity index (χ1n) is 5.71. The van der Waals surface area contributed by atoms with E-state index >= 15 is 0 Å². The van der Waals surface area contributed by atoms with Gasteiger partial charge in [0.05, 0.1) is 0 Å². The van der Waals surface area contributed by atoms with Crippen LogP contribution in [-0.2, 0) is 7.05 Å². The lowest BCUT2D eigenvalue weighted by Crippen LogP contribution is -2.29. The summed E-state index contributed by atoms with van der Waals surface area (Å²) in [6.45, 7) is 2.10. The summed E-state index contributed by atoms with van der Waals surface area (Å²) in [5.41, 5.74) is 0.446. The molecular formula is C11H16BrN3O. The third-order valence-electron chi connectivity index (χ3n) is 3.72. The van der Waals surface area contributed by atoms with Crippen LogP contribution in [0.5, 0.6) is 0 Å². The predicted molar refractivity (Wildman–Crippen MR) is 64.2 cm³/mol. The fraction of sp³-hybridized carbons (Fsp3) is 0.727. The Balaban J connectivity index is 2.38. The van der Waals surface area contributed by atoms with Gasteiger partial charge in [-0.2, -0.15) is 0 Å². The zero-order chi connectivity index (χ0) is 11.8. The Kier molecular flexibility index (Phi) is 3.15. The minimum absolute atomic E-state index is 0.169. The van der Waals surface area contributed by atoms with Gasteiger partial charge in [-0.05, 0) is 35.2 Å². The van der Waals surface area contributed by atoms with E-state index in [1.165, 1.54) is 0 Å². The van der Waals surface area contributed by atoms with Gasteiger partial charge < -0.3 is 0 Å². The van der Waals surface area contributed by atoms with Crippen LogP contribution in [0.3, 0.4) is 0 Å². The molecule has 0 atom stereocenters. The maximum atomic E-state index is 12.6. The first kappa shape index (κ1) is 11.8. The minimum atomic E-state index is -0.169. The van der Waals surface area contributed by atoms with Crippen molar-refractivity contribution < 1.29 is 4.79 Å². The molecule has 0 saturated heterocycles. The molecule has 0 spiro atoms. The largest absolute Gasteiger partial charge is 0.292 e. The molecule has 0 unspecified atom stereocenters. The van der Waals surface area contributed by atoms with Gasteiger partial charge >= 0.3 is 0 Å². The van der Waals surface area contributed by atoms with Gasteiger partial charge in [-0.25, -0.2) is 4.68 Å². The van der Waals surface area contributed by atoms with Crippen LogP contribution >= 0.6 is 15.9 Å². The van der Waals surface area contributed by atoms with Crippen LogP contribution in [0.2, 0.25) is 0 Å². The van der Waals surface area contributed by atoms with E-state index in [4.69, 9.17) is 0 Å². The standard InChI is InChI=1S/C11H16BrN3O/c1-3-11(6-4-5-7-11)9(16)8-10(12)13-14-15(8)2/h3-7H2,1-2H3. The second kappa shape index (κ2) is 4.28. The lowest BCUT2D eigenvalue weighted by Gasteiger charge is -2.25. The number of nitrogens with zero attached hydrogens (tertiary/aromatic N) is 3. The molecule has 1 aliphatic carbocycles. The fourth-order valence-electron chi connectivity index (χ4n) is 2.62. The van der Waals surface area contributed by atoms with Gasteiger partial charge in [0, 0.05) is 12.5 Å². The molecule has 2 rings (SSSR count). The SMILES string of the molecule is CCC1(C(=O)c2c(Br)nnn2C)CCCC1. The van der Waals surface area contributed by atoms with Gasteiger partial charge in [-0.15, -0.1) is 5.10 Å². The van der Waals surface area contributed by atoms with Gasteiger partial charge in [-0.1, -0.05) is 25.0 Å². The zero-order valence-corrected chi connectivity index (χ0v) is 11.2. The smallest absolute Gasteiger partial charge is 0.189 e. The van der Waals surface area contributed by atoms with E-state index in [9.17, 15) is 4.79 Å². The van der Waals surface area contributed by atoms with Crippen molar-refractivity contribution in [3.63, 3.8) is 0 Å². The van der Waals surface area contributed by atoms with E-state index < -0.39 is 0 Å². The number of halogens is 1. The summed E-state index contributed by atoms with van der Waals surface area (Å²) >= 11 is 3.30. The molecule has 4 nitrogen and oxygen atoms in total. The number of hydrogen-bond acceptors (Lipinski definition) is 3. The van der Waals surface area contributed by atoms with Crippen molar-refractivity contribution in [3.05, 3.63) is 10.3 Å². The van der Waals surface area contributed by atoms with Crippen LogP contribution in [0, 0.1) is 5.41 Å². The molecule has 0 radical (unpaired) electrons. The highest BCUT2D eigenvalue weighted by molar-refractivity contribution is 9.10. The van der Waals surface area contributed by atoms with E-state index in [0.29, 0.717) is 10.3 Å². The molecule has 1 fully saturated rings. The first-order valence-corrected chi connectivity index (χ1v) is 6.50. The molecule has 0 bridgehead atoms. The van der Waals surface area contributed by atoms with Crippen molar-refractivity contribution in [3.8, 4) is 0 Å². The molecule has 1 aromatic rings. The maximum absolute atomic E-state index is 12.6. The minimum Gasteiger partial charge on any atom is -0.292 e. The number of aryl methyl sites for hydroxylation is 1. The molecule has 1 aromatic heterocycles. The molecule has 0 N–H and O–H groups in total. The van der Waals surface area contributed by atoms with E-state index in [1.807, 2.05) is 0 Å².